The second-order valence-corrected chi connectivity index (χ2v) is 10.5. The maximum absolute atomic E-state index is 13.8. The van der Waals surface area contributed by atoms with E-state index in [-0.39, 0.29) is 30.9 Å². The third-order valence-corrected chi connectivity index (χ3v) is 6.59. The van der Waals surface area contributed by atoms with E-state index in [9.17, 15) is 29.1 Å². The molecule has 38 heavy (non-hydrogen) atoms. The number of aromatic nitrogens is 2. The highest BCUT2D eigenvalue weighted by Crippen LogP contribution is 2.41. The van der Waals surface area contributed by atoms with Gasteiger partial charge in [-0.25, -0.2) is 9.78 Å². The molecule has 2 aliphatic rings. The third kappa shape index (κ3) is 5.48. The summed E-state index contributed by atoms with van der Waals surface area (Å²) in [4.78, 5) is 72.6. The molecule has 1 fully saturated rings. The second-order valence-electron chi connectivity index (χ2n) is 10.5. The van der Waals surface area contributed by atoms with Crippen molar-refractivity contribution in [1.82, 2.24) is 25.5 Å². The van der Waals surface area contributed by atoms with Crippen LogP contribution in [-0.2, 0) is 14.4 Å². The SMILES string of the molecule is CC(C)(C)C(NC(=O)CNC(=O)c1cnccn1)C(=O)N1CC2(CC(=O)c3ccccc3O2)CC1C(=O)O. The summed E-state index contributed by atoms with van der Waals surface area (Å²) in [6, 6.07) is 4.35. The number of hydrogen-bond donors (Lipinski definition) is 3. The Morgan fingerprint density at radius 1 is 1.21 bits per heavy atom. The summed E-state index contributed by atoms with van der Waals surface area (Å²) in [6.07, 6.45) is 3.85. The van der Waals surface area contributed by atoms with Crippen molar-refractivity contribution in [1.29, 1.82) is 0 Å². The number of para-hydroxylation sites is 1. The fourth-order valence-corrected chi connectivity index (χ4v) is 4.74. The number of hydrogen-bond acceptors (Lipinski definition) is 8. The van der Waals surface area contributed by atoms with E-state index in [2.05, 4.69) is 20.6 Å². The number of nitrogens with zero attached hydrogens (tertiary/aromatic N) is 3. The first kappa shape index (κ1) is 26.7. The molecule has 3 unspecified atom stereocenters. The topological polar surface area (TPSA) is 168 Å². The first-order chi connectivity index (χ1) is 17.9. The van der Waals surface area contributed by atoms with Crippen LogP contribution in [0.1, 0.15) is 54.5 Å². The Bertz CT molecular complexity index is 1280. The van der Waals surface area contributed by atoms with E-state index in [1.165, 1.54) is 18.6 Å². The highest BCUT2D eigenvalue weighted by Gasteiger charge is 2.55. The lowest BCUT2D eigenvalue weighted by Crippen LogP contribution is -2.58. The fraction of sp³-hybridized carbons (Fsp3) is 0.423. The second kappa shape index (κ2) is 10.2. The molecule has 1 saturated heterocycles. The van der Waals surface area contributed by atoms with Gasteiger partial charge in [0.2, 0.25) is 11.8 Å². The van der Waals surface area contributed by atoms with Gasteiger partial charge in [-0.2, -0.15) is 0 Å². The predicted molar refractivity (Wildman–Crippen MR) is 132 cm³/mol. The standard InChI is InChI=1S/C26H29N5O7/c1-25(2,3)21(30-20(33)13-29-22(34)16-12-27-8-9-28-16)23(35)31-14-26(10-17(31)24(36)37)11-18(32)15-6-4-5-7-19(15)38-26/h4-9,12,17,21H,10-11,13-14H2,1-3H3,(H,29,34)(H,30,33)(H,36,37). The smallest absolute Gasteiger partial charge is 0.326 e. The number of aliphatic carboxylic acids is 1. The molecule has 12 heteroatoms. The third-order valence-electron chi connectivity index (χ3n) is 6.59. The van der Waals surface area contributed by atoms with Crippen LogP contribution in [0.5, 0.6) is 5.75 Å². The van der Waals surface area contributed by atoms with Crippen LogP contribution in [0, 0.1) is 5.41 Å². The molecule has 3 atom stereocenters. The van der Waals surface area contributed by atoms with E-state index in [1.54, 1.807) is 45.0 Å². The molecule has 3 amide bonds. The first-order valence-corrected chi connectivity index (χ1v) is 12.1. The number of rotatable bonds is 6. The van der Waals surface area contributed by atoms with E-state index in [1.807, 2.05) is 0 Å². The zero-order valence-electron chi connectivity index (χ0n) is 21.3. The number of benzene rings is 1. The van der Waals surface area contributed by atoms with E-state index < -0.39 is 53.3 Å². The van der Waals surface area contributed by atoms with Crippen LogP contribution in [0.3, 0.4) is 0 Å². The summed E-state index contributed by atoms with van der Waals surface area (Å²) in [5.74, 6) is -2.95. The molecule has 2 aromatic rings. The Kier molecular flexibility index (Phi) is 7.16. The number of carbonyl (C=O) groups is 5. The van der Waals surface area contributed by atoms with Crippen LogP contribution in [0.15, 0.2) is 42.9 Å². The maximum atomic E-state index is 13.8. The lowest BCUT2D eigenvalue weighted by Gasteiger charge is -2.36. The van der Waals surface area contributed by atoms with Gasteiger partial charge >= 0.3 is 5.97 Å². The molecule has 1 aromatic carbocycles. The molecule has 12 nitrogen and oxygen atoms in total. The Balaban J connectivity index is 1.50. The molecular formula is C26H29N5O7. The molecule has 0 saturated carbocycles. The van der Waals surface area contributed by atoms with Crippen molar-refractivity contribution in [3.8, 4) is 5.75 Å². The van der Waals surface area contributed by atoms with Gasteiger partial charge in [-0.15, -0.1) is 0 Å². The van der Waals surface area contributed by atoms with Gasteiger partial charge in [0.25, 0.3) is 5.91 Å². The van der Waals surface area contributed by atoms with E-state index in [0.717, 1.165) is 4.90 Å². The number of amides is 3. The number of carboxylic acid groups (broad SMARTS) is 1. The van der Waals surface area contributed by atoms with Crippen LogP contribution in [0.2, 0.25) is 0 Å². The largest absolute Gasteiger partial charge is 0.484 e. The van der Waals surface area contributed by atoms with Crippen molar-refractivity contribution in [2.24, 2.45) is 5.41 Å². The minimum absolute atomic E-state index is 0.0269. The molecular weight excluding hydrogens is 494 g/mol. The van der Waals surface area contributed by atoms with Crippen molar-refractivity contribution in [3.63, 3.8) is 0 Å². The number of likely N-dealkylation sites (tertiary alicyclic amines) is 1. The molecule has 3 heterocycles. The number of fused-ring (bicyclic) bond motifs is 1. The van der Waals surface area contributed by atoms with Crippen LogP contribution in [0.25, 0.3) is 0 Å². The van der Waals surface area contributed by atoms with Gasteiger partial charge in [-0.1, -0.05) is 32.9 Å². The summed E-state index contributed by atoms with van der Waals surface area (Å²) in [5.41, 5.74) is -1.56. The normalized spacial score (nSPS) is 21.3. The van der Waals surface area contributed by atoms with Gasteiger partial charge in [0.05, 0.1) is 31.3 Å². The molecule has 0 bridgehead atoms. The van der Waals surface area contributed by atoms with Crippen molar-refractivity contribution < 1.29 is 33.8 Å². The van der Waals surface area contributed by atoms with Gasteiger partial charge in [0.15, 0.2) is 5.78 Å². The Hall–Kier alpha value is -4.35. The zero-order chi connectivity index (χ0) is 27.7. The molecule has 1 spiro atoms. The zero-order valence-corrected chi connectivity index (χ0v) is 21.3. The van der Waals surface area contributed by atoms with Crippen molar-refractivity contribution in [3.05, 3.63) is 54.1 Å². The van der Waals surface area contributed by atoms with Gasteiger partial charge in [-0.05, 0) is 17.5 Å². The molecule has 0 radical (unpaired) electrons. The maximum Gasteiger partial charge on any atom is 0.326 e. The van der Waals surface area contributed by atoms with Crippen molar-refractivity contribution in [2.45, 2.75) is 51.3 Å². The summed E-state index contributed by atoms with van der Waals surface area (Å²) >= 11 is 0. The molecule has 2 aliphatic heterocycles. The highest BCUT2D eigenvalue weighted by molar-refractivity contribution is 6.01. The summed E-state index contributed by atoms with van der Waals surface area (Å²) in [5, 5.41) is 15.0. The number of carbonyl (C=O) groups excluding carboxylic acids is 4. The van der Waals surface area contributed by atoms with Crippen LogP contribution in [0.4, 0.5) is 0 Å². The van der Waals surface area contributed by atoms with E-state index in [4.69, 9.17) is 4.74 Å². The predicted octanol–water partition coefficient (Wildman–Crippen LogP) is 0.827. The van der Waals surface area contributed by atoms with Crippen LogP contribution in [-0.4, -0.2) is 80.2 Å². The number of ketones is 1. The Morgan fingerprint density at radius 2 is 1.95 bits per heavy atom. The number of Topliss-reactive ketones (excluding diaryl/α,β-unsaturated/α-hetero) is 1. The molecule has 200 valence electrons. The fourth-order valence-electron chi connectivity index (χ4n) is 4.74. The molecule has 1 aromatic heterocycles. The highest BCUT2D eigenvalue weighted by atomic mass is 16.5. The first-order valence-electron chi connectivity index (χ1n) is 12.1. The summed E-state index contributed by atoms with van der Waals surface area (Å²) in [6.45, 7) is 4.62. The molecule has 3 N–H and O–H groups in total. The minimum Gasteiger partial charge on any atom is -0.484 e. The van der Waals surface area contributed by atoms with Crippen LogP contribution >= 0.6 is 0 Å². The Labute approximate surface area is 218 Å². The monoisotopic (exact) mass is 523 g/mol. The average Bonchev–Trinajstić information content (AvgIpc) is 3.24. The van der Waals surface area contributed by atoms with Gasteiger partial charge < -0.3 is 25.4 Å². The van der Waals surface area contributed by atoms with E-state index in [0.29, 0.717) is 11.3 Å². The van der Waals surface area contributed by atoms with Crippen LogP contribution < -0.4 is 15.4 Å². The van der Waals surface area contributed by atoms with Gasteiger partial charge in [0, 0.05) is 18.8 Å². The van der Waals surface area contributed by atoms with Crippen molar-refractivity contribution in [2.75, 3.05) is 13.1 Å². The van der Waals surface area contributed by atoms with Gasteiger partial charge in [0.1, 0.15) is 29.1 Å². The lowest BCUT2D eigenvalue weighted by molar-refractivity contribution is -0.150. The van der Waals surface area contributed by atoms with E-state index >= 15 is 0 Å². The lowest BCUT2D eigenvalue weighted by atomic mass is 9.85. The summed E-state index contributed by atoms with van der Waals surface area (Å²) in [7, 11) is 0. The quantitative estimate of drug-likeness (QED) is 0.497. The minimum atomic E-state index is -1.25. The molecule has 0 aliphatic carbocycles. The summed E-state index contributed by atoms with van der Waals surface area (Å²) < 4.78 is 6.14. The number of ether oxygens (including phenoxy) is 1. The average molecular weight is 524 g/mol. The van der Waals surface area contributed by atoms with Crippen molar-refractivity contribution >= 4 is 29.5 Å². The number of nitrogens with one attached hydrogen (secondary N) is 2. The van der Waals surface area contributed by atoms with Gasteiger partial charge in [-0.3, -0.25) is 24.2 Å². The number of carboxylic acids is 1. The molecule has 4 rings (SSSR count). The Morgan fingerprint density at radius 3 is 2.61 bits per heavy atom.